The summed E-state index contributed by atoms with van der Waals surface area (Å²) in [6.07, 6.45) is -3.25. The topological polar surface area (TPSA) is 50.5 Å². The molecule has 0 bridgehead atoms. The van der Waals surface area contributed by atoms with Gasteiger partial charge >= 0.3 is 6.18 Å². The van der Waals surface area contributed by atoms with Gasteiger partial charge in [0.25, 0.3) is 11.1 Å². The molecule has 3 aromatic rings. The molecule has 0 radical (unpaired) electrons. The van der Waals surface area contributed by atoms with Crippen LogP contribution in [0.3, 0.4) is 0 Å². The summed E-state index contributed by atoms with van der Waals surface area (Å²) in [5.41, 5.74) is -0.570. The second-order valence-corrected chi connectivity index (χ2v) is 8.23. The van der Waals surface area contributed by atoms with Crippen molar-refractivity contribution in [3.05, 3.63) is 80.9 Å². The van der Waals surface area contributed by atoms with Crippen LogP contribution in [0.15, 0.2) is 63.9 Å². The number of hydrogen-bond acceptors (Lipinski definition) is 4. The Morgan fingerprint density at radius 1 is 1.00 bits per heavy atom. The van der Waals surface area contributed by atoms with Gasteiger partial charge in [0.05, 0.1) is 21.2 Å². The molecule has 0 saturated carbocycles. The molecule has 31 heavy (non-hydrogen) atoms. The van der Waals surface area contributed by atoms with Crippen molar-refractivity contribution in [3.8, 4) is 11.3 Å². The summed E-state index contributed by atoms with van der Waals surface area (Å²) < 4.78 is 44.6. The molecular weight excluding hydrogens is 474 g/mol. The van der Waals surface area contributed by atoms with E-state index in [4.69, 9.17) is 27.6 Å². The molecule has 0 unspecified atom stereocenters. The third-order valence-corrected chi connectivity index (χ3v) is 5.75. The molecule has 1 aliphatic rings. The Balaban J connectivity index is 1.63. The SMILES string of the molecule is O=C1S/C(=C/c2ccc(-c3cc(Cl)ccc3Cl)o2)C(=O)N1c1cccc(C(F)(F)F)c1. The summed E-state index contributed by atoms with van der Waals surface area (Å²) >= 11 is 12.8. The lowest BCUT2D eigenvalue weighted by Gasteiger charge is -2.14. The standard InChI is InChI=1S/C21H10Cl2F3NO3S/c22-12-4-6-16(23)15(9-12)17-7-5-14(30-17)10-18-19(28)27(20(29)31-18)13-3-1-2-11(8-13)21(24,25)26/h1-10H/b18-10+. The lowest BCUT2D eigenvalue weighted by molar-refractivity contribution is -0.137. The number of halogens is 5. The molecule has 2 amide bonds. The zero-order valence-electron chi connectivity index (χ0n) is 15.2. The number of thioether (sulfide) groups is 1. The van der Waals surface area contributed by atoms with E-state index in [0.29, 0.717) is 38.0 Å². The molecule has 1 saturated heterocycles. The van der Waals surface area contributed by atoms with E-state index < -0.39 is 22.9 Å². The second kappa shape index (κ2) is 8.11. The van der Waals surface area contributed by atoms with Crippen molar-refractivity contribution in [1.82, 2.24) is 0 Å². The lowest BCUT2D eigenvalue weighted by Crippen LogP contribution is -2.27. The summed E-state index contributed by atoms with van der Waals surface area (Å²) in [7, 11) is 0. The smallest absolute Gasteiger partial charge is 0.416 e. The maximum atomic E-state index is 13.0. The van der Waals surface area contributed by atoms with Crippen LogP contribution < -0.4 is 4.90 Å². The quantitative estimate of drug-likeness (QED) is 0.361. The normalized spacial score (nSPS) is 15.9. The van der Waals surface area contributed by atoms with Gasteiger partial charge in [0.15, 0.2) is 0 Å². The number of carbonyl (C=O) groups excluding carboxylic acids is 2. The van der Waals surface area contributed by atoms with Crippen LogP contribution in [0.25, 0.3) is 17.4 Å². The molecule has 1 fully saturated rings. The highest BCUT2D eigenvalue weighted by atomic mass is 35.5. The van der Waals surface area contributed by atoms with Crippen LogP contribution in [-0.2, 0) is 11.0 Å². The number of imide groups is 1. The number of nitrogens with zero attached hydrogens (tertiary/aromatic N) is 1. The highest BCUT2D eigenvalue weighted by molar-refractivity contribution is 8.19. The van der Waals surface area contributed by atoms with Crippen molar-refractivity contribution >= 4 is 57.9 Å². The van der Waals surface area contributed by atoms with Gasteiger partial charge in [-0.3, -0.25) is 9.59 Å². The molecule has 10 heteroatoms. The maximum Gasteiger partial charge on any atom is 0.416 e. The third-order valence-electron chi connectivity index (χ3n) is 4.32. The van der Waals surface area contributed by atoms with Crippen molar-refractivity contribution < 1.29 is 27.2 Å². The highest BCUT2D eigenvalue weighted by Gasteiger charge is 2.38. The summed E-state index contributed by atoms with van der Waals surface area (Å²) in [4.78, 5) is 25.8. The molecular formula is C21H10Cl2F3NO3S. The Morgan fingerprint density at radius 2 is 1.77 bits per heavy atom. The molecule has 0 N–H and O–H groups in total. The molecule has 1 aliphatic heterocycles. The molecule has 2 aromatic carbocycles. The monoisotopic (exact) mass is 483 g/mol. The Bertz CT molecular complexity index is 1240. The van der Waals surface area contributed by atoms with Gasteiger partial charge < -0.3 is 4.42 Å². The first-order chi connectivity index (χ1) is 14.6. The van der Waals surface area contributed by atoms with E-state index >= 15 is 0 Å². The minimum absolute atomic E-state index is 0.0144. The van der Waals surface area contributed by atoms with E-state index in [2.05, 4.69) is 0 Å². The first-order valence-corrected chi connectivity index (χ1v) is 10.2. The van der Waals surface area contributed by atoms with E-state index in [0.717, 1.165) is 18.2 Å². The van der Waals surface area contributed by atoms with Gasteiger partial charge in [0.2, 0.25) is 0 Å². The van der Waals surface area contributed by atoms with E-state index in [1.165, 1.54) is 12.1 Å². The van der Waals surface area contributed by atoms with Crippen LogP contribution in [0.4, 0.5) is 23.7 Å². The van der Waals surface area contributed by atoms with Crippen molar-refractivity contribution in [2.24, 2.45) is 0 Å². The van der Waals surface area contributed by atoms with Crippen LogP contribution in [0.1, 0.15) is 11.3 Å². The summed E-state index contributed by atoms with van der Waals surface area (Å²) in [6.45, 7) is 0. The largest absolute Gasteiger partial charge is 0.457 e. The van der Waals surface area contributed by atoms with Gasteiger partial charge in [-0.05, 0) is 60.3 Å². The van der Waals surface area contributed by atoms with Crippen molar-refractivity contribution in [1.29, 1.82) is 0 Å². The minimum atomic E-state index is -4.60. The van der Waals surface area contributed by atoms with Gasteiger partial charge in [-0.2, -0.15) is 13.2 Å². The van der Waals surface area contributed by atoms with Gasteiger partial charge in [-0.15, -0.1) is 0 Å². The molecule has 0 atom stereocenters. The third kappa shape index (κ3) is 4.37. The van der Waals surface area contributed by atoms with Gasteiger partial charge in [-0.25, -0.2) is 4.90 Å². The predicted octanol–water partition coefficient (Wildman–Crippen LogP) is 7.51. The van der Waals surface area contributed by atoms with E-state index in [9.17, 15) is 22.8 Å². The average molecular weight is 484 g/mol. The fraction of sp³-hybridized carbons (Fsp3) is 0.0476. The Morgan fingerprint density at radius 3 is 2.52 bits per heavy atom. The Hall–Kier alpha value is -2.68. The Kier molecular flexibility index (Phi) is 5.63. The number of hydrogen-bond donors (Lipinski definition) is 0. The highest BCUT2D eigenvalue weighted by Crippen LogP contribution is 2.39. The van der Waals surface area contributed by atoms with E-state index in [-0.39, 0.29) is 16.4 Å². The van der Waals surface area contributed by atoms with E-state index in [1.54, 1.807) is 30.3 Å². The molecule has 4 rings (SSSR count). The minimum Gasteiger partial charge on any atom is -0.457 e. The van der Waals surface area contributed by atoms with Crippen LogP contribution in [0.5, 0.6) is 0 Å². The van der Waals surface area contributed by atoms with Gasteiger partial charge in [0.1, 0.15) is 11.5 Å². The van der Waals surface area contributed by atoms with Crippen molar-refractivity contribution in [3.63, 3.8) is 0 Å². The van der Waals surface area contributed by atoms with Crippen molar-refractivity contribution in [2.75, 3.05) is 4.90 Å². The van der Waals surface area contributed by atoms with Crippen molar-refractivity contribution in [2.45, 2.75) is 6.18 Å². The average Bonchev–Trinajstić information content (AvgIpc) is 3.28. The number of rotatable bonds is 3. The number of furan rings is 1. The molecule has 158 valence electrons. The fourth-order valence-electron chi connectivity index (χ4n) is 2.90. The molecule has 1 aromatic heterocycles. The number of carbonyl (C=O) groups is 2. The summed E-state index contributed by atoms with van der Waals surface area (Å²) in [5.74, 6) is -0.0792. The first kappa shape index (κ1) is 21.5. The fourth-order valence-corrected chi connectivity index (χ4v) is 4.11. The zero-order valence-corrected chi connectivity index (χ0v) is 17.6. The number of benzene rings is 2. The van der Waals surface area contributed by atoms with Crippen LogP contribution in [0, 0.1) is 0 Å². The van der Waals surface area contributed by atoms with Crippen LogP contribution >= 0.6 is 35.0 Å². The zero-order chi connectivity index (χ0) is 22.3. The van der Waals surface area contributed by atoms with Crippen LogP contribution in [-0.4, -0.2) is 11.1 Å². The number of amides is 2. The summed E-state index contributed by atoms with van der Waals surface area (Å²) in [5, 5.41) is 0.162. The molecule has 2 heterocycles. The van der Waals surface area contributed by atoms with Crippen LogP contribution in [0.2, 0.25) is 10.0 Å². The number of anilines is 1. The molecule has 0 aliphatic carbocycles. The maximum absolute atomic E-state index is 13.0. The molecule has 4 nitrogen and oxygen atoms in total. The van der Waals surface area contributed by atoms with Gasteiger partial charge in [-0.1, -0.05) is 29.3 Å². The van der Waals surface area contributed by atoms with Gasteiger partial charge in [0, 0.05) is 16.7 Å². The summed E-state index contributed by atoms with van der Waals surface area (Å²) in [6, 6.07) is 12.1. The Labute approximate surface area is 188 Å². The lowest BCUT2D eigenvalue weighted by atomic mass is 10.2. The first-order valence-electron chi connectivity index (χ1n) is 8.64. The van der Waals surface area contributed by atoms with E-state index in [1.807, 2.05) is 0 Å². The second-order valence-electron chi connectivity index (χ2n) is 6.39. The number of alkyl halides is 3. The predicted molar refractivity (Wildman–Crippen MR) is 114 cm³/mol. The molecule has 0 spiro atoms.